The normalized spacial score (nSPS) is 29.2. The van der Waals surface area contributed by atoms with Crippen molar-refractivity contribution in [1.29, 1.82) is 0 Å². The summed E-state index contributed by atoms with van der Waals surface area (Å²) in [6.07, 6.45) is 12.6. The molecule has 148 valence electrons. The molecular formula is C20H35N3O3. The molecule has 3 fully saturated rings. The summed E-state index contributed by atoms with van der Waals surface area (Å²) in [5.74, 6) is -0.938. The highest BCUT2D eigenvalue weighted by Gasteiger charge is 2.35. The van der Waals surface area contributed by atoms with Crippen LogP contribution >= 0.6 is 0 Å². The lowest BCUT2D eigenvalue weighted by Gasteiger charge is -2.44. The second kappa shape index (κ2) is 9.07. The van der Waals surface area contributed by atoms with E-state index in [1.165, 1.54) is 58.0 Å². The minimum absolute atomic E-state index is 0.107. The third-order valence-electron chi connectivity index (χ3n) is 6.96. The van der Waals surface area contributed by atoms with E-state index in [1.807, 2.05) is 0 Å². The summed E-state index contributed by atoms with van der Waals surface area (Å²) >= 11 is 0. The maximum Gasteiger partial charge on any atom is 0.315 e. The van der Waals surface area contributed by atoms with Crippen molar-refractivity contribution < 1.29 is 14.7 Å². The quantitative estimate of drug-likeness (QED) is 0.699. The number of hydrogen-bond acceptors (Lipinski definition) is 3. The fraction of sp³-hybridized carbons (Fsp3) is 0.900. The van der Waals surface area contributed by atoms with Gasteiger partial charge in [-0.05, 0) is 69.9 Å². The van der Waals surface area contributed by atoms with E-state index < -0.39 is 5.97 Å². The SMILES string of the molecule is O=C(NCCN1CCC2(CCCCC2)CC1)NC1CCC(C(=O)O)CC1. The Morgan fingerprint density at radius 2 is 1.62 bits per heavy atom. The zero-order valence-electron chi connectivity index (χ0n) is 16.0. The molecule has 3 aliphatic rings. The summed E-state index contributed by atoms with van der Waals surface area (Å²) in [7, 11) is 0. The Bertz CT molecular complexity index is 473. The number of carboxylic acids is 1. The number of carbonyl (C=O) groups is 2. The van der Waals surface area contributed by atoms with Crippen LogP contribution in [0.2, 0.25) is 0 Å². The van der Waals surface area contributed by atoms with Crippen molar-refractivity contribution in [3.05, 3.63) is 0 Å². The number of nitrogens with one attached hydrogen (secondary N) is 2. The Morgan fingerprint density at radius 3 is 2.23 bits per heavy atom. The van der Waals surface area contributed by atoms with Crippen LogP contribution in [0.5, 0.6) is 0 Å². The zero-order chi connectivity index (χ0) is 18.4. The van der Waals surface area contributed by atoms with Crippen molar-refractivity contribution in [3.8, 4) is 0 Å². The fourth-order valence-electron chi connectivity index (χ4n) is 5.10. The number of carbonyl (C=O) groups excluding carboxylic acids is 1. The van der Waals surface area contributed by atoms with Gasteiger partial charge in [-0.15, -0.1) is 0 Å². The monoisotopic (exact) mass is 365 g/mol. The van der Waals surface area contributed by atoms with E-state index in [1.54, 1.807) is 0 Å². The predicted molar refractivity (Wildman–Crippen MR) is 101 cm³/mol. The molecule has 26 heavy (non-hydrogen) atoms. The number of hydrogen-bond donors (Lipinski definition) is 3. The van der Waals surface area contributed by atoms with E-state index in [0.29, 0.717) is 24.8 Å². The van der Waals surface area contributed by atoms with Crippen LogP contribution in [0.15, 0.2) is 0 Å². The number of amides is 2. The third kappa shape index (κ3) is 5.35. The first-order chi connectivity index (χ1) is 12.6. The van der Waals surface area contributed by atoms with E-state index in [-0.39, 0.29) is 18.0 Å². The third-order valence-corrected chi connectivity index (χ3v) is 6.96. The van der Waals surface area contributed by atoms with Crippen LogP contribution in [0.3, 0.4) is 0 Å². The molecule has 0 atom stereocenters. The Hall–Kier alpha value is -1.30. The summed E-state index contributed by atoms with van der Waals surface area (Å²) < 4.78 is 0. The average molecular weight is 366 g/mol. The lowest BCUT2D eigenvalue weighted by molar-refractivity contribution is -0.142. The molecule has 0 aromatic heterocycles. The minimum Gasteiger partial charge on any atom is -0.481 e. The van der Waals surface area contributed by atoms with Crippen molar-refractivity contribution in [2.24, 2.45) is 11.3 Å². The van der Waals surface area contributed by atoms with Crippen LogP contribution in [0.4, 0.5) is 4.79 Å². The molecule has 0 bridgehead atoms. The first-order valence-electron chi connectivity index (χ1n) is 10.6. The lowest BCUT2D eigenvalue weighted by atomic mass is 9.68. The summed E-state index contributed by atoms with van der Waals surface area (Å²) in [6.45, 7) is 3.95. The standard InChI is InChI=1S/C20H35N3O3/c24-18(25)16-4-6-17(7-5-16)22-19(26)21-12-15-23-13-10-20(11-14-23)8-2-1-3-9-20/h16-17H,1-15H2,(H,24,25)(H2,21,22,26). The van der Waals surface area contributed by atoms with Gasteiger partial charge in [0, 0.05) is 19.1 Å². The highest BCUT2D eigenvalue weighted by Crippen LogP contribution is 2.44. The van der Waals surface area contributed by atoms with Gasteiger partial charge in [0.15, 0.2) is 0 Å². The van der Waals surface area contributed by atoms with E-state index >= 15 is 0 Å². The number of rotatable bonds is 5. The summed E-state index contributed by atoms with van der Waals surface area (Å²) in [5, 5.41) is 15.0. The largest absolute Gasteiger partial charge is 0.481 e. The van der Waals surface area contributed by atoms with Gasteiger partial charge in [0.05, 0.1) is 5.92 Å². The Labute approximate surface area is 157 Å². The van der Waals surface area contributed by atoms with Crippen molar-refractivity contribution in [2.75, 3.05) is 26.2 Å². The highest BCUT2D eigenvalue weighted by atomic mass is 16.4. The van der Waals surface area contributed by atoms with Gasteiger partial charge >= 0.3 is 12.0 Å². The second-order valence-corrected chi connectivity index (χ2v) is 8.69. The molecular weight excluding hydrogens is 330 g/mol. The van der Waals surface area contributed by atoms with E-state index in [2.05, 4.69) is 15.5 Å². The van der Waals surface area contributed by atoms with Gasteiger partial charge in [0.25, 0.3) is 0 Å². The van der Waals surface area contributed by atoms with E-state index in [4.69, 9.17) is 5.11 Å². The molecule has 6 heteroatoms. The van der Waals surface area contributed by atoms with Crippen molar-refractivity contribution in [2.45, 2.75) is 76.7 Å². The molecule has 0 radical (unpaired) electrons. The molecule has 2 aliphatic carbocycles. The van der Waals surface area contributed by atoms with E-state index in [0.717, 1.165) is 19.4 Å². The van der Waals surface area contributed by atoms with Gasteiger partial charge in [-0.3, -0.25) is 4.79 Å². The molecule has 1 heterocycles. The van der Waals surface area contributed by atoms with Crippen molar-refractivity contribution in [3.63, 3.8) is 0 Å². The first-order valence-corrected chi connectivity index (χ1v) is 10.6. The van der Waals surface area contributed by atoms with Gasteiger partial charge < -0.3 is 20.6 Å². The maximum absolute atomic E-state index is 12.1. The summed E-state index contributed by atoms with van der Waals surface area (Å²) in [5.41, 5.74) is 0.633. The van der Waals surface area contributed by atoms with Crippen LogP contribution in [0.1, 0.15) is 70.6 Å². The van der Waals surface area contributed by atoms with Crippen LogP contribution < -0.4 is 10.6 Å². The minimum atomic E-state index is -0.704. The van der Waals surface area contributed by atoms with Crippen LogP contribution in [-0.2, 0) is 4.79 Å². The molecule has 2 saturated carbocycles. The second-order valence-electron chi connectivity index (χ2n) is 8.69. The number of piperidine rings is 1. The average Bonchev–Trinajstić information content (AvgIpc) is 2.65. The number of nitrogens with zero attached hydrogens (tertiary/aromatic N) is 1. The molecule has 0 unspecified atom stereocenters. The smallest absolute Gasteiger partial charge is 0.315 e. The molecule has 0 aromatic rings. The maximum atomic E-state index is 12.1. The van der Waals surface area contributed by atoms with E-state index in [9.17, 15) is 9.59 Å². The fourth-order valence-corrected chi connectivity index (χ4v) is 5.10. The highest BCUT2D eigenvalue weighted by molar-refractivity contribution is 5.74. The molecule has 3 N–H and O–H groups in total. The molecule has 1 spiro atoms. The van der Waals surface area contributed by atoms with Crippen LogP contribution in [0.25, 0.3) is 0 Å². The van der Waals surface area contributed by atoms with Gasteiger partial charge in [-0.1, -0.05) is 19.3 Å². The summed E-state index contributed by atoms with van der Waals surface area (Å²) in [4.78, 5) is 25.5. The number of urea groups is 1. The summed E-state index contributed by atoms with van der Waals surface area (Å²) in [6, 6.07) is 0.0104. The van der Waals surface area contributed by atoms with Crippen molar-refractivity contribution >= 4 is 12.0 Å². The van der Waals surface area contributed by atoms with Crippen LogP contribution in [-0.4, -0.2) is 54.2 Å². The molecule has 0 aromatic carbocycles. The predicted octanol–water partition coefficient (Wildman–Crippen LogP) is 2.98. The van der Waals surface area contributed by atoms with Gasteiger partial charge in [0.2, 0.25) is 0 Å². The zero-order valence-corrected chi connectivity index (χ0v) is 16.0. The number of carboxylic acid groups (broad SMARTS) is 1. The Balaban J connectivity index is 1.27. The van der Waals surface area contributed by atoms with Gasteiger partial charge in [-0.2, -0.15) is 0 Å². The molecule has 6 nitrogen and oxygen atoms in total. The van der Waals surface area contributed by atoms with Gasteiger partial charge in [0.1, 0.15) is 0 Å². The number of likely N-dealkylation sites (tertiary alicyclic amines) is 1. The molecule has 2 amide bonds. The Morgan fingerprint density at radius 1 is 0.962 bits per heavy atom. The first kappa shape index (κ1) is 19.5. The van der Waals surface area contributed by atoms with Crippen molar-refractivity contribution in [1.82, 2.24) is 15.5 Å². The molecule has 1 aliphatic heterocycles. The lowest BCUT2D eigenvalue weighted by Crippen LogP contribution is -2.47. The molecule has 1 saturated heterocycles. The Kier molecular flexibility index (Phi) is 6.79. The van der Waals surface area contributed by atoms with Crippen LogP contribution in [0, 0.1) is 11.3 Å². The molecule has 3 rings (SSSR count). The topological polar surface area (TPSA) is 81.7 Å². The number of aliphatic carboxylic acids is 1. The van der Waals surface area contributed by atoms with Gasteiger partial charge in [-0.25, -0.2) is 4.79 Å².